The third-order valence-corrected chi connectivity index (χ3v) is 5.18. The average molecular weight is 488 g/mol. The van der Waals surface area contributed by atoms with E-state index in [4.69, 9.17) is 0 Å². The van der Waals surface area contributed by atoms with Crippen LogP contribution in [0, 0.1) is 17.5 Å². The van der Waals surface area contributed by atoms with Crippen LogP contribution in [-0.4, -0.2) is 0 Å². The zero-order valence-corrected chi connectivity index (χ0v) is 18.0. The van der Waals surface area contributed by atoms with E-state index in [0.29, 0.717) is 24.1 Å². The number of hydrogen-bond acceptors (Lipinski definition) is 1. The van der Waals surface area contributed by atoms with Crippen LogP contribution in [0.1, 0.15) is 42.9 Å². The highest BCUT2D eigenvalue weighted by Crippen LogP contribution is 2.37. The first-order valence-corrected chi connectivity index (χ1v) is 10.4. The van der Waals surface area contributed by atoms with E-state index in [9.17, 15) is 35.1 Å². The summed E-state index contributed by atoms with van der Waals surface area (Å²) in [5.41, 5.74) is -2.56. The van der Waals surface area contributed by atoms with Crippen LogP contribution in [0.25, 0.3) is 11.1 Å². The maximum atomic E-state index is 14.6. The SMILES string of the molecule is CCCCCc1ccc(C(F)(F)Oc2ccc(-c3cc(F)c(C(F)(F)F)c(F)c3)cc2)c(F)c1. The second kappa shape index (κ2) is 10.0. The molecule has 0 N–H and O–H groups in total. The molecule has 3 aromatic rings. The molecule has 0 unspecified atom stereocenters. The topological polar surface area (TPSA) is 9.23 Å². The molecular formula is C25H20F8O. The Balaban J connectivity index is 1.78. The zero-order valence-electron chi connectivity index (χ0n) is 18.0. The normalized spacial score (nSPS) is 12.1. The fourth-order valence-electron chi connectivity index (χ4n) is 3.46. The lowest BCUT2D eigenvalue weighted by atomic mass is 10.0. The third-order valence-electron chi connectivity index (χ3n) is 5.18. The minimum absolute atomic E-state index is 0.0600. The van der Waals surface area contributed by atoms with Crippen molar-refractivity contribution in [1.29, 1.82) is 0 Å². The maximum Gasteiger partial charge on any atom is 0.429 e. The number of rotatable bonds is 8. The Kier molecular flexibility index (Phi) is 7.53. The molecule has 3 rings (SSSR count). The van der Waals surface area contributed by atoms with Gasteiger partial charge in [0.15, 0.2) is 0 Å². The Morgan fingerprint density at radius 1 is 0.706 bits per heavy atom. The molecule has 9 heteroatoms. The highest BCUT2D eigenvalue weighted by molar-refractivity contribution is 5.65. The third kappa shape index (κ3) is 5.87. The van der Waals surface area contributed by atoms with E-state index in [1.807, 2.05) is 6.92 Å². The summed E-state index contributed by atoms with van der Waals surface area (Å²) in [7, 11) is 0. The molecule has 0 aliphatic carbocycles. The van der Waals surface area contributed by atoms with Crippen LogP contribution >= 0.6 is 0 Å². The van der Waals surface area contributed by atoms with Crippen molar-refractivity contribution in [3.05, 3.63) is 88.7 Å². The molecule has 0 aliphatic heterocycles. The van der Waals surface area contributed by atoms with Crippen molar-refractivity contribution in [2.45, 2.75) is 44.9 Å². The van der Waals surface area contributed by atoms with E-state index in [1.54, 1.807) is 0 Å². The zero-order chi connectivity index (χ0) is 25.1. The van der Waals surface area contributed by atoms with E-state index in [2.05, 4.69) is 4.74 Å². The van der Waals surface area contributed by atoms with Gasteiger partial charge in [-0.25, -0.2) is 13.2 Å². The standard InChI is InChI=1S/C25H20F8O/c1-2-3-4-5-15-6-11-19(20(26)12-15)25(32,33)34-18-9-7-16(8-10-18)17-13-21(27)23(22(28)14-17)24(29,30)31/h6-14H,2-5H2,1H3. The highest BCUT2D eigenvalue weighted by atomic mass is 19.4. The average Bonchev–Trinajstić information content (AvgIpc) is 2.72. The highest BCUT2D eigenvalue weighted by Gasteiger charge is 2.39. The molecule has 182 valence electrons. The Morgan fingerprint density at radius 2 is 1.32 bits per heavy atom. The molecule has 3 aromatic carbocycles. The predicted molar refractivity (Wildman–Crippen MR) is 111 cm³/mol. The molecule has 1 nitrogen and oxygen atoms in total. The summed E-state index contributed by atoms with van der Waals surface area (Å²) >= 11 is 0. The van der Waals surface area contributed by atoms with Crippen molar-refractivity contribution in [2.75, 3.05) is 0 Å². The summed E-state index contributed by atoms with van der Waals surface area (Å²) in [6.07, 6.45) is -5.96. The molecule has 0 bridgehead atoms. The molecule has 0 saturated heterocycles. The van der Waals surface area contributed by atoms with Crippen LogP contribution in [0.3, 0.4) is 0 Å². The summed E-state index contributed by atoms with van der Waals surface area (Å²) < 4.78 is 114. The molecule has 0 amide bonds. The van der Waals surface area contributed by atoms with Gasteiger partial charge in [-0.15, -0.1) is 0 Å². The van der Waals surface area contributed by atoms with E-state index in [-0.39, 0.29) is 16.9 Å². The smallest absolute Gasteiger partial charge is 0.429 e. The van der Waals surface area contributed by atoms with Crippen LogP contribution < -0.4 is 4.74 Å². The van der Waals surface area contributed by atoms with Crippen LogP contribution in [-0.2, 0) is 18.7 Å². The van der Waals surface area contributed by atoms with E-state index < -0.39 is 40.9 Å². The quantitative estimate of drug-likeness (QED) is 0.228. The first-order chi connectivity index (χ1) is 15.9. The van der Waals surface area contributed by atoms with Gasteiger partial charge in [-0.3, -0.25) is 0 Å². The van der Waals surface area contributed by atoms with Crippen molar-refractivity contribution in [2.24, 2.45) is 0 Å². The van der Waals surface area contributed by atoms with Gasteiger partial charge in [0.05, 0.1) is 5.56 Å². The van der Waals surface area contributed by atoms with E-state index >= 15 is 0 Å². The van der Waals surface area contributed by atoms with Crippen molar-refractivity contribution in [1.82, 2.24) is 0 Å². The van der Waals surface area contributed by atoms with Gasteiger partial charge >= 0.3 is 12.3 Å². The van der Waals surface area contributed by atoms with Gasteiger partial charge in [0.1, 0.15) is 28.8 Å². The van der Waals surface area contributed by atoms with Crippen molar-refractivity contribution < 1.29 is 39.9 Å². The van der Waals surface area contributed by atoms with Crippen LogP contribution in [0.4, 0.5) is 35.1 Å². The van der Waals surface area contributed by atoms with E-state index in [1.165, 1.54) is 6.07 Å². The largest absolute Gasteiger partial charge is 0.429 e. The Bertz CT molecular complexity index is 1110. The molecule has 34 heavy (non-hydrogen) atoms. The molecule has 0 aliphatic rings. The second-order valence-electron chi connectivity index (χ2n) is 7.73. The first-order valence-electron chi connectivity index (χ1n) is 10.4. The van der Waals surface area contributed by atoms with Gasteiger partial charge in [-0.05, 0) is 65.9 Å². The van der Waals surface area contributed by atoms with Gasteiger partial charge in [0.2, 0.25) is 0 Å². The number of alkyl halides is 5. The molecule has 0 heterocycles. The van der Waals surface area contributed by atoms with Gasteiger partial charge in [-0.1, -0.05) is 38.0 Å². The summed E-state index contributed by atoms with van der Waals surface area (Å²) in [6.45, 7) is 2.01. The van der Waals surface area contributed by atoms with Crippen molar-refractivity contribution >= 4 is 0 Å². The molecule has 0 saturated carbocycles. The molecule has 0 aromatic heterocycles. The predicted octanol–water partition coefficient (Wildman–Crippen LogP) is 8.65. The van der Waals surface area contributed by atoms with Crippen LogP contribution in [0.15, 0.2) is 54.6 Å². The van der Waals surface area contributed by atoms with Crippen LogP contribution in [0.2, 0.25) is 0 Å². The Hall–Kier alpha value is -3.10. The molecule has 0 radical (unpaired) electrons. The fraction of sp³-hybridized carbons (Fsp3) is 0.280. The number of halogens is 8. The number of ether oxygens (including phenoxy) is 1. The van der Waals surface area contributed by atoms with Gasteiger partial charge in [-0.2, -0.15) is 22.0 Å². The lowest BCUT2D eigenvalue weighted by molar-refractivity contribution is -0.187. The first kappa shape index (κ1) is 25.5. The van der Waals surface area contributed by atoms with E-state index in [0.717, 1.165) is 55.7 Å². The monoisotopic (exact) mass is 488 g/mol. The maximum absolute atomic E-state index is 14.6. The summed E-state index contributed by atoms with van der Waals surface area (Å²) in [6, 6.07) is 8.74. The lowest BCUT2D eigenvalue weighted by Crippen LogP contribution is -2.23. The molecule has 0 fully saturated rings. The number of unbranched alkanes of at least 4 members (excludes halogenated alkanes) is 2. The minimum atomic E-state index is -5.21. The molecular weight excluding hydrogens is 468 g/mol. The van der Waals surface area contributed by atoms with Gasteiger partial charge in [0, 0.05) is 0 Å². The van der Waals surface area contributed by atoms with Crippen molar-refractivity contribution in [3.63, 3.8) is 0 Å². The fourth-order valence-corrected chi connectivity index (χ4v) is 3.46. The molecule has 0 spiro atoms. The summed E-state index contributed by atoms with van der Waals surface area (Å²) in [5.74, 6) is -5.11. The number of benzene rings is 3. The number of aryl methyl sites for hydroxylation is 1. The lowest BCUT2D eigenvalue weighted by Gasteiger charge is -2.19. The Morgan fingerprint density at radius 3 is 1.85 bits per heavy atom. The summed E-state index contributed by atoms with van der Waals surface area (Å²) in [4.78, 5) is 0. The minimum Gasteiger partial charge on any atom is -0.429 e. The van der Waals surface area contributed by atoms with Crippen molar-refractivity contribution in [3.8, 4) is 16.9 Å². The number of hydrogen-bond donors (Lipinski definition) is 0. The second-order valence-corrected chi connectivity index (χ2v) is 7.73. The van der Waals surface area contributed by atoms with Crippen LogP contribution in [0.5, 0.6) is 5.75 Å². The summed E-state index contributed by atoms with van der Waals surface area (Å²) in [5, 5.41) is 0. The Labute approximate surface area is 191 Å². The van der Waals surface area contributed by atoms with Gasteiger partial charge < -0.3 is 4.74 Å². The molecule has 0 atom stereocenters. The van der Waals surface area contributed by atoms with Gasteiger partial charge in [0.25, 0.3) is 0 Å².